The fourth-order valence-electron chi connectivity index (χ4n) is 2.30. The Morgan fingerprint density at radius 1 is 1.17 bits per heavy atom. The number of hydrogen-bond donors (Lipinski definition) is 0. The van der Waals surface area contributed by atoms with Gasteiger partial charge in [-0.25, -0.2) is 8.78 Å². The first-order valence-corrected chi connectivity index (χ1v) is 8.60. The highest BCUT2D eigenvalue weighted by Crippen LogP contribution is 2.24. The molecule has 0 radical (unpaired) electrons. The topological polar surface area (TPSA) is 32.7 Å². The number of amidine groups is 1. The number of aliphatic imine (C=N–C) groups is 1. The lowest BCUT2D eigenvalue weighted by Gasteiger charge is -2.18. The predicted molar refractivity (Wildman–Crippen MR) is 92.4 cm³/mol. The van der Waals surface area contributed by atoms with Crippen LogP contribution in [0.2, 0.25) is 5.02 Å². The molecule has 24 heavy (non-hydrogen) atoms. The molecule has 1 heterocycles. The maximum atomic E-state index is 13.8. The largest absolute Gasteiger partial charge is 0.285 e. The number of rotatable bonds is 3. The van der Waals surface area contributed by atoms with Gasteiger partial charge in [0.25, 0.3) is 5.91 Å². The van der Waals surface area contributed by atoms with Crippen LogP contribution in [0, 0.1) is 11.6 Å². The SMILES string of the molecule is O=C(c1c(F)cccc1F)N1CCN=C1SCc1ccc(Cl)cc1. The number of carbonyl (C=O) groups is 1. The highest BCUT2D eigenvalue weighted by Gasteiger charge is 2.29. The summed E-state index contributed by atoms with van der Waals surface area (Å²) in [7, 11) is 0. The van der Waals surface area contributed by atoms with Crippen LogP contribution in [0.15, 0.2) is 47.5 Å². The van der Waals surface area contributed by atoms with E-state index >= 15 is 0 Å². The molecule has 1 amide bonds. The standard InChI is InChI=1S/C17H13ClF2N2OS/c18-12-6-4-11(5-7-12)10-24-17-21-8-9-22(17)16(23)15-13(19)2-1-3-14(15)20/h1-7H,8-10H2. The lowest BCUT2D eigenvalue weighted by Crippen LogP contribution is -2.34. The third-order valence-electron chi connectivity index (χ3n) is 3.50. The molecule has 3 rings (SSSR count). The lowest BCUT2D eigenvalue weighted by molar-refractivity contribution is 0.0851. The first-order chi connectivity index (χ1) is 11.6. The van der Waals surface area contributed by atoms with Crippen molar-refractivity contribution in [2.24, 2.45) is 4.99 Å². The van der Waals surface area contributed by atoms with Crippen molar-refractivity contribution in [3.63, 3.8) is 0 Å². The number of carbonyl (C=O) groups excluding carboxylic acids is 1. The van der Waals surface area contributed by atoms with E-state index in [1.165, 1.54) is 22.7 Å². The number of hydrogen-bond acceptors (Lipinski definition) is 3. The molecule has 0 bridgehead atoms. The molecule has 0 spiro atoms. The molecule has 0 N–H and O–H groups in total. The Hall–Kier alpha value is -1.92. The minimum Gasteiger partial charge on any atom is -0.285 e. The van der Waals surface area contributed by atoms with Crippen molar-refractivity contribution in [3.8, 4) is 0 Å². The lowest BCUT2D eigenvalue weighted by atomic mass is 10.1. The molecule has 2 aromatic carbocycles. The van der Waals surface area contributed by atoms with Gasteiger partial charge in [0, 0.05) is 17.3 Å². The minimum atomic E-state index is -0.867. The molecule has 0 aromatic heterocycles. The van der Waals surface area contributed by atoms with Crippen molar-refractivity contribution < 1.29 is 13.6 Å². The molecule has 7 heteroatoms. The summed E-state index contributed by atoms with van der Waals surface area (Å²) in [5.74, 6) is -1.85. The molecule has 0 atom stereocenters. The summed E-state index contributed by atoms with van der Waals surface area (Å²) in [5, 5.41) is 1.12. The van der Waals surface area contributed by atoms with Crippen LogP contribution in [0.4, 0.5) is 8.78 Å². The number of halogens is 3. The second-order valence-corrected chi connectivity index (χ2v) is 6.51. The zero-order chi connectivity index (χ0) is 17.1. The first-order valence-electron chi connectivity index (χ1n) is 7.24. The number of nitrogens with zero attached hydrogens (tertiary/aromatic N) is 2. The normalized spacial score (nSPS) is 14.0. The van der Waals surface area contributed by atoms with Gasteiger partial charge in [-0.05, 0) is 29.8 Å². The van der Waals surface area contributed by atoms with Gasteiger partial charge in [-0.15, -0.1) is 0 Å². The minimum absolute atomic E-state index is 0.315. The van der Waals surface area contributed by atoms with Crippen LogP contribution in [0.5, 0.6) is 0 Å². The van der Waals surface area contributed by atoms with Crippen molar-refractivity contribution in [1.82, 2.24) is 4.90 Å². The van der Waals surface area contributed by atoms with E-state index in [1.54, 1.807) is 12.1 Å². The molecular weight excluding hydrogens is 354 g/mol. The van der Waals surface area contributed by atoms with E-state index in [1.807, 2.05) is 12.1 Å². The van der Waals surface area contributed by atoms with Crippen molar-refractivity contribution >= 4 is 34.4 Å². The van der Waals surface area contributed by atoms with Gasteiger partial charge >= 0.3 is 0 Å². The molecule has 0 aliphatic carbocycles. The zero-order valence-corrected chi connectivity index (χ0v) is 14.1. The molecule has 3 nitrogen and oxygen atoms in total. The third-order valence-corrected chi connectivity index (χ3v) is 4.84. The number of benzene rings is 2. The van der Waals surface area contributed by atoms with Gasteiger partial charge in [-0.2, -0.15) is 0 Å². The van der Waals surface area contributed by atoms with Crippen molar-refractivity contribution in [1.29, 1.82) is 0 Å². The fourth-order valence-corrected chi connectivity index (χ4v) is 3.43. The maximum absolute atomic E-state index is 13.8. The highest BCUT2D eigenvalue weighted by atomic mass is 35.5. The Kier molecular flexibility index (Phi) is 5.16. The molecular formula is C17H13ClF2N2OS. The molecule has 0 fully saturated rings. The average molecular weight is 367 g/mol. The van der Waals surface area contributed by atoms with Gasteiger partial charge < -0.3 is 0 Å². The second kappa shape index (κ2) is 7.32. The van der Waals surface area contributed by atoms with Gasteiger partial charge in [-0.3, -0.25) is 14.7 Å². The smallest absolute Gasteiger partial charge is 0.265 e. The Morgan fingerprint density at radius 3 is 2.50 bits per heavy atom. The highest BCUT2D eigenvalue weighted by molar-refractivity contribution is 8.13. The molecule has 1 aliphatic rings. The summed E-state index contributed by atoms with van der Waals surface area (Å²) in [5.41, 5.74) is 0.475. The van der Waals surface area contributed by atoms with Crippen LogP contribution >= 0.6 is 23.4 Å². The van der Waals surface area contributed by atoms with E-state index in [2.05, 4.69) is 4.99 Å². The fraction of sp³-hybridized carbons (Fsp3) is 0.176. The van der Waals surface area contributed by atoms with E-state index in [0.717, 1.165) is 17.7 Å². The van der Waals surface area contributed by atoms with Gasteiger partial charge in [0.15, 0.2) is 5.17 Å². The molecule has 2 aromatic rings. The monoisotopic (exact) mass is 366 g/mol. The molecule has 0 saturated heterocycles. The summed E-state index contributed by atoms with van der Waals surface area (Å²) in [4.78, 5) is 18.1. The van der Waals surface area contributed by atoms with Gasteiger partial charge in [-0.1, -0.05) is 41.6 Å². The van der Waals surface area contributed by atoms with Crippen LogP contribution in [0.3, 0.4) is 0 Å². The molecule has 124 valence electrons. The summed E-state index contributed by atoms with van der Waals surface area (Å²) in [6, 6.07) is 10.7. The molecule has 1 aliphatic heterocycles. The van der Waals surface area contributed by atoms with E-state index in [-0.39, 0.29) is 0 Å². The van der Waals surface area contributed by atoms with E-state index < -0.39 is 23.1 Å². The summed E-state index contributed by atoms with van der Waals surface area (Å²) >= 11 is 7.20. The quantitative estimate of drug-likeness (QED) is 0.808. The van der Waals surface area contributed by atoms with Crippen LogP contribution in [0.25, 0.3) is 0 Å². The second-order valence-electron chi connectivity index (χ2n) is 5.13. The Labute approximate surface area is 147 Å². The Balaban J connectivity index is 1.73. The number of thioether (sulfide) groups is 1. The van der Waals surface area contributed by atoms with Crippen LogP contribution in [-0.4, -0.2) is 29.1 Å². The predicted octanol–water partition coefficient (Wildman–Crippen LogP) is 4.36. The van der Waals surface area contributed by atoms with Crippen molar-refractivity contribution in [2.75, 3.05) is 13.1 Å². The van der Waals surface area contributed by atoms with Crippen molar-refractivity contribution in [2.45, 2.75) is 5.75 Å². The van der Waals surface area contributed by atoms with Crippen LogP contribution < -0.4 is 0 Å². The number of amides is 1. The summed E-state index contributed by atoms with van der Waals surface area (Å²) in [6.07, 6.45) is 0. The Bertz CT molecular complexity index is 775. The van der Waals surface area contributed by atoms with E-state index in [9.17, 15) is 13.6 Å². The molecule has 0 saturated carbocycles. The van der Waals surface area contributed by atoms with Crippen molar-refractivity contribution in [3.05, 3.63) is 70.2 Å². The van der Waals surface area contributed by atoms with Gasteiger partial charge in [0.05, 0.1) is 6.54 Å². The van der Waals surface area contributed by atoms with Crippen LogP contribution in [-0.2, 0) is 5.75 Å². The van der Waals surface area contributed by atoms with E-state index in [4.69, 9.17) is 11.6 Å². The summed E-state index contributed by atoms with van der Waals surface area (Å²) < 4.78 is 27.6. The van der Waals surface area contributed by atoms with Gasteiger partial charge in [0.1, 0.15) is 17.2 Å². The first kappa shape index (κ1) is 16.9. The summed E-state index contributed by atoms with van der Waals surface area (Å²) in [6.45, 7) is 0.736. The van der Waals surface area contributed by atoms with Gasteiger partial charge in [0.2, 0.25) is 0 Å². The average Bonchev–Trinajstić information content (AvgIpc) is 3.02. The third kappa shape index (κ3) is 3.60. The van der Waals surface area contributed by atoms with Crippen LogP contribution in [0.1, 0.15) is 15.9 Å². The molecule has 0 unspecified atom stereocenters. The van der Waals surface area contributed by atoms with E-state index in [0.29, 0.717) is 29.0 Å². The maximum Gasteiger partial charge on any atom is 0.265 e. The zero-order valence-electron chi connectivity index (χ0n) is 12.5. The Morgan fingerprint density at radius 2 is 1.83 bits per heavy atom.